The van der Waals surface area contributed by atoms with E-state index in [1.165, 1.54) is 6.92 Å². The first-order valence-electron chi connectivity index (χ1n) is 3.06. The van der Waals surface area contributed by atoms with E-state index in [1.807, 2.05) is 0 Å². The van der Waals surface area contributed by atoms with Gasteiger partial charge in [0, 0.05) is 12.5 Å². The topological polar surface area (TPSA) is 60.7 Å². The molecule has 9 heavy (non-hydrogen) atoms. The van der Waals surface area contributed by atoms with Gasteiger partial charge in [-0.05, 0) is 6.92 Å². The summed E-state index contributed by atoms with van der Waals surface area (Å²) in [5, 5.41) is 26.2. The van der Waals surface area contributed by atoms with Crippen LogP contribution in [-0.4, -0.2) is 34.1 Å². The number of hydrogen-bond donors (Lipinski definition) is 3. The molecule has 0 rings (SSSR count). The van der Waals surface area contributed by atoms with Crippen LogP contribution in [0, 0.1) is 5.92 Å². The van der Waals surface area contributed by atoms with Gasteiger partial charge in [0.1, 0.15) is 0 Å². The summed E-state index contributed by atoms with van der Waals surface area (Å²) in [6, 6.07) is 0. The molecule has 56 valence electrons. The van der Waals surface area contributed by atoms with Gasteiger partial charge in [-0.2, -0.15) is 0 Å². The molecule has 3 heteroatoms. The van der Waals surface area contributed by atoms with Crippen molar-refractivity contribution in [3.8, 4) is 0 Å². The van der Waals surface area contributed by atoms with Crippen molar-refractivity contribution in [3.05, 3.63) is 0 Å². The maximum Gasteiger partial charge on any atom is 0.0843 e. The van der Waals surface area contributed by atoms with Gasteiger partial charge in [0.25, 0.3) is 0 Å². The lowest BCUT2D eigenvalue weighted by atomic mass is 10.0. The fourth-order valence-electron chi connectivity index (χ4n) is 0.583. The third kappa shape index (κ3) is 2.79. The lowest BCUT2D eigenvalue weighted by molar-refractivity contribution is -0.0174. The van der Waals surface area contributed by atoms with Gasteiger partial charge in [-0.15, -0.1) is 0 Å². The van der Waals surface area contributed by atoms with Crippen molar-refractivity contribution in [2.24, 2.45) is 5.92 Å². The molecule has 3 unspecified atom stereocenters. The first kappa shape index (κ1) is 8.88. The normalized spacial score (nSPS) is 21.0. The van der Waals surface area contributed by atoms with Gasteiger partial charge < -0.3 is 15.3 Å². The van der Waals surface area contributed by atoms with E-state index in [0.29, 0.717) is 0 Å². The van der Waals surface area contributed by atoms with Crippen LogP contribution in [-0.2, 0) is 0 Å². The molecule has 0 aromatic rings. The third-order valence-corrected chi connectivity index (χ3v) is 1.37. The lowest BCUT2D eigenvalue weighted by Gasteiger charge is -2.18. The summed E-state index contributed by atoms with van der Waals surface area (Å²) in [6.07, 6.45) is -1.57. The highest BCUT2D eigenvalue weighted by Gasteiger charge is 2.17. The Morgan fingerprint density at radius 1 is 1.22 bits per heavy atom. The van der Waals surface area contributed by atoms with E-state index in [1.54, 1.807) is 6.92 Å². The van der Waals surface area contributed by atoms with Crippen molar-refractivity contribution in [2.45, 2.75) is 26.1 Å². The molecule has 0 radical (unpaired) electrons. The molecule has 0 aromatic heterocycles. The Hall–Kier alpha value is -0.120. The summed E-state index contributed by atoms with van der Waals surface area (Å²) in [4.78, 5) is 0. The quantitative estimate of drug-likeness (QED) is 0.481. The van der Waals surface area contributed by atoms with Crippen molar-refractivity contribution < 1.29 is 15.3 Å². The predicted molar refractivity (Wildman–Crippen MR) is 33.9 cm³/mol. The van der Waals surface area contributed by atoms with Crippen LogP contribution in [0.15, 0.2) is 0 Å². The molecule has 0 saturated heterocycles. The molecule has 0 saturated carbocycles. The molecule has 0 aliphatic carbocycles. The second kappa shape index (κ2) is 3.82. The van der Waals surface area contributed by atoms with E-state index < -0.39 is 12.2 Å². The summed E-state index contributed by atoms with van der Waals surface area (Å²) in [7, 11) is 0. The smallest absolute Gasteiger partial charge is 0.0843 e. The summed E-state index contributed by atoms with van der Waals surface area (Å²) in [5.74, 6) is -0.245. The van der Waals surface area contributed by atoms with Crippen LogP contribution < -0.4 is 0 Å². The number of aliphatic hydroxyl groups is 3. The summed E-state index contributed by atoms with van der Waals surface area (Å²) < 4.78 is 0. The minimum atomic E-state index is -0.810. The molecule has 0 aromatic carbocycles. The predicted octanol–water partition coefficient (Wildman–Crippen LogP) is -0.644. The van der Waals surface area contributed by atoms with Crippen LogP contribution in [0.25, 0.3) is 0 Å². The first-order chi connectivity index (χ1) is 4.09. The molecule has 0 aliphatic heterocycles. The minimum absolute atomic E-state index is 0.0912. The van der Waals surface area contributed by atoms with Gasteiger partial charge in [0.2, 0.25) is 0 Å². The van der Waals surface area contributed by atoms with E-state index >= 15 is 0 Å². The fourth-order valence-corrected chi connectivity index (χ4v) is 0.583. The van der Waals surface area contributed by atoms with Gasteiger partial charge in [-0.25, -0.2) is 0 Å². The summed E-state index contributed by atoms with van der Waals surface area (Å²) in [5.41, 5.74) is 0. The Labute approximate surface area is 54.9 Å². The molecule has 3 atom stereocenters. The highest BCUT2D eigenvalue weighted by atomic mass is 16.3. The fraction of sp³-hybridized carbons (Fsp3) is 1.00. The van der Waals surface area contributed by atoms with Crippen LogP contribution in [0.5, 0.6) is 0 Å². The molecule has 3 N–H and O–H groups in total. The van der Waals surface area contributed by atoms with Crippen LogP contribution >= 0.6 is 0 Å². The Morgan fingerprint density at radius 3 is 1.78 bits per heavy atom. The average molecular weight is 134 g/mol. The van der Waals surface area contributed by atoms with Crippen molar-refractivity contribution in [3.63, 3.8) is 0 Å². The summed E-state index contributed by atoms with van der Waals surface area (Å²) in [6.45, 7) is 3.08. The van der Waals surface area contributed by atoms with Crippen molar-refractivity contribution in [1.82, 2.24) is 0 Å². The SMILES string of the molecule is CC(O)C(O)C(C)CO. The Morgan fingerprint density at radius 2 is 1.67 bits per heavy atom. The zero-order valence-electron chi connectivity index (χ0n) is 5.78. The number of aliphatic hydroxyl groups excluding tert-OH is 3. The minimum Gasteiger partial charge on any atom is -0.396 e. The molecule has 0 amide bonds. The monoisotopic (exact) mass is 134 g/mol. The molecule has 0 aliphatic rings. The van der Waals surface area contributed by atoms with Crippen LogP contribution in [0.4, 0.5) is 0 Å². The zero-order chi connectivity index (χ0) is 7.44. The molecule has 3 nitrogen and oxygen atoms in total. The average Bonchev–Trinajstić information content (AvgIpc) is 1.84. The maximum absolute atomic E-state index is 8.98. The van der Waals surface area contributed by atoms with Crippen LogP contribution in [0.3, 0.4) is 0 Å². The van der Waals surface area contributed by atoms with E-state index in [0.717, 1.165) is 0 Å². The van der Waals surface area contributed by atoms with Crippen LogP contribution in [0.1, 0.15) is 13.8 Å². The van der Waals surface area contributed by atoms with Crippen LogP contribution in [0.2, 0.25) is 0 Å². The summed E-state index contributed by atoms with van der Waals surface area (Å²) >= 11 is 0. The second-order valence-electron chi connectivity index (χ2n) is 2.39. The maximum atomic E-state index is 8.98. The van der Waals surface area contributed by atoms with E-state index in [-0.39, 0.29) is 12.5 Å². The zero-order valence-corrected chi connectivity index (χ0v) is 5.78. The standard InChI is InChI=1S/C6H14O3/c1-4(3-7)6(9)5(2)8/h4-9H,3H2,1-2H3. The molecule has 0 fully saturated rings. The molecule has 0 heterocycles. The highest BCUT2D eigenvalue weighted by Crippen LogP contribution is 2.04. The lowest BCUT2D eigenvalue weighted by Crippen LogP contribution is -2.31. The Balaban J connectivity index is 3.58. The van der Waals surface area contributed by atoms with Crippen molar-refractivity contribution in [2.75, 3.05) is 6.61 Å². The van der Waals surface area contributed by atoms with Gasteiger partial charge in [-0.3, -0.25) is 0 Å². The third-order valence-electron chi connectivity index (χ3n) is 1.37. The van der Waals surface area contributed by atoms with Crippen molar-refractivity contribution >= 4 is 0 Å². The molecule has 0 spiro atoms. The molecule has 0 bridgehead atoms. The van der Waals surface area contributed by atoms with Gasteiger partial charge in [-0.1, -0.05) is 6.92 Å². The molecular formula is C6H14O3. The largest absolute Gasteiger partial charge is 0.396 e. The number of rotatable bonds is 3. The van der Waals surface area contributed by atoms with E-state index in [9.17, 15) is 0 Å². The Bertz CT molecular complexity index is 72.7. The Kier molecular flexibility index (Phi) is 3.77. The highest BCUT2D eigenvalue weighted by molar-refractivity contribution is 4.67. The van der Waals surface area contributed by atoms with Gasteiger partial charge in [0.05, 0.1) is 12.2 Å². The molecular weight excluding hydrogens is 120 g/mol. The second-order valence-corrected chi connectivity index (χ2v) is 2.39. The number of hydrogen-bond acceptors (Lipinski definition) is 3. The van der Waals surface area contributed by atoms with Gasteiger partial charge in [0.15, 0.2) is 0 Å². The van der Waals surface area contributed by atoms with Gasteiger partial charge >= 0.3 is 0 Å². The van der Waals surface area contributed by atoms with E-state index in [2.05, 4.69) is 0 Å². The first-order valence-corrected chi connectivity index (χ1v) is 3.06. The van der Waals surface area contributed by atoms with E-state index in [4.69, 9.17) is 15.3 Å². The van der Waals surface area contributed by atoms with Crippen molar-refractivity contribution in [1.29, 1.82) is 0 Å².